The van der Waals surface area contributed by atoms with Crippen molar-refractivity contribution in [1.29, 1.82) is 0 Å². The Morgan fingerprint density at radius 3 is 2.72 bits per heavy atom. The molecular formula is C20H40N4O. The van der Waals surface area contributed by atoms with Crippen molar-refractivity contribution in [2.45, 2.75) is 65.8 Å². The highest BCUT2D eigenvalue weighted by molar-refractivity contribution is 5.20. The SMILES string of the molecule is CCC[C@H](CCCOCC(C)(C)C)c1[nH]ncc1CN(C)CCNC. The van der Waals surface area contributed by atoms with Crippen molar-refractivity contribution in [2.75, 3.05) is 40.4 Å². The molecule has 0 aromatic carbocycles. The van der Waals surface area contributed by atoms with Gasteiger partial charge in [0.1, 0.15) is 0 Å². The Morgan fingerprint density at radius 2 is 2.08 bits per heavy atom. The van der Waals surface area contributed by atoms with Crippen molar-refractivity contribution in [1.82, 2.24) is 20.4 Å². The van der Waals surface area contributed by atoms with E-state index in [4.69, 9.17) is 4.74 Å². The Labute approximate surface area is 154 Å². The summed E-state index contributed by atoms with van der Waals surface area (Å²) >= 11 is 0. The van der Waals surface area contributed by atoms with Crippen molar-refractivity contribution >= 4 is 0 Å². The van der Waals surface area contributed by atoms with Crippen LogP contribution in [0.2, 0.25) is 0 Å². The highest BCUT2D eigenvalue weighted by atomic mass is 16.5. The summed E-state index contributed by atoms with van der Waals surface area (Å²) in [7, 11) is 4.17. The first-order valence-electron chi connectivity index (χ1n) is 9.80. The number of nitrogens with one attached hydrogen (secondary N) is 2. The van der Waals surface area contributed by atoms with E-state index < -0.39 is 0 Å². The van der Waals surface area contributed by atoms with Crippen molar-refractivity contribution in [3.63, 3.8) is 0 Å². The maximum Gasteiger partial charge on any atom is 0.0535 e. The molecule has 0 fully saturated rings. The van der Waals surface area contributed by atoms with E-state index in [2.05, 4.69) is 55.2 Å². The number of aromatic nitrogens is 2. The van der Waals surface area contributed by atoms with E-state index in [1.807, 2.05) is 13.2 Å². The third kappa shape index (κ3) is 9.38. The van der Waals surface area contributed by atoms with Gasteiger partial charge in [0.2, 0.25) is 0 Å². The van der Waals surface area contributed by atoms with Gasteiger partial charge in [0.05, 0.1) is 12.8 Å². The lowest BCUT2D eigenvalue weighted by atomic mass is 9.92. The summed E-state index contributed by atoms with van der Waals surface area (Å²) in [5.74, 6) is 0.554. The molecule has 1 heterocycles. The summed E-state index contributed by atoms with van der Waals surface area (Å²) in [6.45, 7) is 13.6. The molecule has 0 bridgehead atoms. The molecule has 0 aliphatic carbocycles. The Bertz CT molecular complexity index is 453. The number of rotatable bonds is 13. The molecule has 0 amide bonds. The smallest absolute Gasteiger partial charge is 0.0535 e. The second-order valence-corrected chi connectivity index (χ2v) is 8.39. The number of H-pyrrole nitrogens is 1. The van der Waals surface area contributed by atoms with E-state index in [0.29, 0.717) is 5.92 Å². The van der Waals surface area contributed by atoms with Crippen LogP contribution < -0.4 is 5.32 Å². The average molecular weight is 353 g/mol. The van der Waals surface area contributed by atoms with E-state index in [1.54, 1.807) is 0 Å². The molecule has 5 nitrogen and oxygen atoms in total. The lowest BCUT2D eigenvalue weighted by molar-refractivity contribution is 0.0679. The summed E-state index contributed by atoms with van der Waals surface area (Å²) in [6.07, 6.45) is 6.67. The molecule has 0 saturated carbocycles. The molecule has 0 aliphatic heterocycles. The van der Waals surface area contributed by atoms with Crippen LogP contribution in [0.5, 0.6) is 0 Å². The number of likely N-dealkylation sites (N-methyl/N-ethyl adjacent to an activating group) is 2. The van der Waals surface area contributed by atoms with Crippen molar-refractivity contribution in [3.05, 3.63) is 17.5 Å². The summed E-state index contributed by atoms with van der Waals surface area (Å²) in [5.41, 5.74) is 2.92. The first kappa shape index (κ1) is 22.1. The molecule has 0 radical (unpaired) electrons. The molecule has 1 atom stereocenters. The fourth-order valence-corrected chi connectivity index (χ4v) is 3.06. The standard InChI is InChI=1S/C20H40N4O/c1-7-9-17(10-8-13-25-16-20(2,3)4)19-18(14-22-23-19)15-24(6)12-11-21-5/h14,17,21H,7-13,15-16H2,1-6H3,(H,22,23)/t17-/m1/s1. The number of aromatic amines is 1. The fourth-order valence-electron chi connectivity index (χ4n) is 3.06. The minimum atomic E-state index is 0.247. The van der Waals surface area contributed by atoms with Crippen molar-refractivity contribution in [3.8, 4) is 0 Å². The second kappa shape index (κ2) is 11.7. The molecule has 2 N–H and O–H groups in total. The summed E-state index contributed by atoms with van der Waals surface area (Å²) in [6, 6.07) is 0. The fraction of sp³-hybridized carbons (Fsp3) is 0.850. The van der Waals surface area contributed by atoms with Gasteiger partial charge >= 0.3 is 0 Å². The van der Waals surface area contributed by atoms with Gasteiger partial charge in [-0.25, -0.2) is 0 Å². The molecule has 0 spiro atoms. The topological polar surface area (TPSA) is 53.2 Å². The normalized spacial score (nSPS) is 13.6. The van der Waals surface area contributed by atoms with E-state index in [-0.39, 0.29) is 5.41 Å². The Hall–Kier alpha value is -0.910. The van der Waals surface area contributed by atoms with Crippen molar-refractivity contribution in [2.24, 2.45) is 5.41 Å². The molecule has 1 aromatic heterocycles. The first-order valence-corrected chi connectivity index (χ1v) is 9.80. The first-order chi connectivity index (χ1) is 11.9. The Morgan fingerprint density at radius 1 is 1.32 bits per heavy atom. The second-order valence-electron chi connectivity index (χ2n) is 8.39. The number of hydrogen-bond acceptors (Lipinski definition) is 4. The molecule has 25 heavy (non-hydrogen) atoms. The Balaban J connectivity index is 2.53. The van der Waals surface area contributed by atoms with Gasteiger partial charge in [-0.2, -0.15) is 5.10 Å². The van der Waals surface area contributed by atoms with Gasteiger partial charge in [0.15, 0.2) is 0 Å². The van der Waals surface area contributed by atoms with Crippen LogP contribution in [0.4, 0.5) is 0 Å². The number of nitrogens with zero attached hydrogens (tertiary/aromatic N) is 2. The maximum absolute atomic E-state index is 5.84. The van der Waals surface area contributed by atoms with Gasteiger partial charge in [-0.3, -0.25) is 5.10 Å². The predicted octanol–water partition coefficient (Wildman–Crippen LogP) is 3.79. The van der Waals surface area contributed by atoms with E-state index in [9.17, 15) is 0 Å². The molecule has 0 unspecified atom stereocenters. The molecule has 0 aliphatic rings. The summed E-state index contributed by atoms with van der Waals surface area (Å²) in [4.78, 5) is 2.35. The van der Waals surface area contributed by atoms with Crippen LogP contribution in [0.25, 0.3) is 0 Å². The zero-order chi connectivity index (χ0) is 18.7. The quantitative estimate of drug-likeness (QED) is 0.530. The molecule has 1 rings (SSSR count). The highest BCUT2D eigenvalue weighted by Gasteiger charge is 2.18. The van der Waals surface area contributed by atoms with Crippen LogP contribution in [-0.2, 0) is 11.3 Å². The van der Waals surface area contributed by atoms with Crippen LogP contribution in [0, 0.1) is 5.41 Å². The van der Waals surface area contributed by atoms with Gasteiger partial charge in [-0.1, -0.05) is 34.1 Å². The van der Waals surface area contributed by atoms with Crippen LogP contribution in [-0.4, -0.2) is 55.5 Å². The monoisotopic (exact) mass is 352 g/mol. The minimum absolute atomic E-state index is 0.247. The zero-order valence-electron chi connectivity index (χ0n) is 17.3. The lowest BCUT2D eigenvalue weighted by Gasteiger charge is -2.21. The van der Waals surface area contributed by atoms with Gasteiger partial charge in [-0.15, -0.1) is 0 Å². The largest absolute Gasteiger partial charge is 0.381 e. The lowest BCUT2D eigenvalue weighted by Crippen LogP contribution is -2.27. The molecular weight excluding hydrogens is 312 g/mol. The third-order valence-corrected chi connectivity index (χ3v) is 4.36. The molecule has 1 aromatic rings. The Kier molecular flexibility index (Phi) is 10.3. The number of ether oxygens (including phenoxy) is 1. The van der Waals surface area contributed by atoms with Gasteiger partial charge in [0.25, 0.3) is 0 Å². The summed E-state index contributed by atoms with van der Waals surface area (Å²) in [5, 5.41) is 10.8. The zero-order valence-corrected chi connectivity index (χ0v) is 17.3. The van der Waals surface area contributed by atoms with Gasteiger partial charge < -0.3 is 15.0 Å². The van der Waals surface area contributed by atoms with Crippen molar-refractivity contribution < 1.29 is 4.74 Å². The minimum Gasteiger partial charge on any atom is -0.381 e. The maximum atomic E-state index is 5.84. The predicted molar refractivity (Wildman–Crippen MR) is 106 cm³/mol. The van der Waals surface area contributed by atoms with Crippen LogP contribution in [0.1, 0.15) is 70.6 Å². The molecule has 0 saturated heterocycles. The van der Waals surface area contributed by atoms with Gasteiger partial charge in [0, 0.05) is 43.4 Å². The third-order valence-electron chi connectivity index (χ3n) is 4.36. The van der Waals surface area contributed by atoms with Crippen LogP contribution in [0.15, 0.2) is 6.20 Å². The highest BCUT2D eigenvalue weighted by Crippen LogP contribution is 2.28. The van der Waals surface area contributed by atoms with E-state index in [0.717, 1.165) is 45.7 Å². The number of hydrogen-bond donors (Lipinski definition) is 2. The van der Waals surface area contributed by atoms with Gasteiger partial charge in [-0.05, 0) is 38.8 Å². The molecule has 146 valence electrons. The van der Waals surface area contributed by atoms with Crippen LogP contribution >= 0.6 is 0 Å². The van der Waals surface area contributed by atoms with E-state index in [1.165, 1.54) is 24.1 Å². The van der Waals surface area contributed by atoms with Crippen LogP contribution in [0.3, 0.4) is 0 Å². The van der Waals surface area contributed by atoms with E-state index >= 15 is 0 Å². The molecule has 5 heteroatoms. The average Bonchev–Trinajstić information content (AvgIpc) is 2.98. The summed E-state index contributed by atoms with van der Waals surface area (Å²) < 4.78 is 5.84.